The minimum atomic E-state index is -1.71. The first kappa shape index (κ1) is 36.3. The second-order valence-electron chi connectivity index (χ2n) is 10.8. The van der Waals surface area contributed by atoms with Crippen LogP contribution < -0.4 is 0 Å². The third kappa shape index (κ3) is 21.8. The van der Waals surface area contributed by atoms with E-state index in [9.17, 15) is 25.2 Å². The van der Waals surface area contributed by atoms with Gasteiger partial charge in [-0.2, -0.15) is 0 Å². The van der Waals surface area contributed by atoms with Crippen molar-refractivity contribution in [1.29, 1.82) is 0 Å². The minimum absolute atomic E-state index is 0.181. The summed E-state index contributed by atoms with van der Waals surface area (Å²) in [5.41, 5.74) is 0. The normalized spacial score (nSPS) is 14.9. The standard InChI is InChI=1S/C30H60O7/c1-2-3-4-5-6-7-8-9-10-11-12-13-14-15-16-17-18-19-20-21-22-23-28(34)37-27(25-32)30(36)29(35)26(33)24-31/h26-27,29-33,35-36H,2-25H2,1H3/t26-,27-,29-,30-/m1/s1. The summed E-state index contributed by atoms with van der Waals surface area (Å²) in [4.78, 5) is 11.9. The van der Waals surface area contributed by atoms with Crippen molar-refractivity contribution < 1.29 is 35.1 Å². The van der Waals surface area contributed by atoms with E-state index in [4.69, 9.17) is 9.84 Å². The van der Waals surface area contributed by atoms with Gasteiger partial charge in [0.2, 0.25) is 0 Å². The highest BCUT2D eigenvalue weighted by molar-refractivity contribution is 5.69. The molecule has 0 aliphatic carbocycles. The van der Waals surface area contributed by atoms with Gasteiger partial charge in [0.1, 0.15) is 18.3 Å². The number of rotatable bonds is 28. The van der Waals surface area contributed by atoms with Crippen LogP contribution in [0.3, 0.4) is 0 Å². The minimum Gasteiger partial charge on any atom is -0.457 e. The van der Waals surface area contributed by atoms with Crippen LogP contribution in [-0.2, 0) is 9.53 Å². The van der Waals surface area contributed by atoms with E-state index in [1.54, 1.807) is 0 Å². The highest BCUT2D eigenvalue weighted by atomic mass is 16.6. The second kappa shape index (κ2) is 26.9. The maximum atomic E-state index is 11.9. The van der Waals surface area contributed by atoms with Crippen molar-refractivity contribution in [2.75, 3.05) is 13.2 Å². The van der Waals surface area contributed by atoms with E-state index in [1.807, 2.05) is 0 Å². The monoisotopic (exact) mass is 532 g/mol. The summed E-state index contributed by atoms with van der Waals surface area (Å²) in [5.74, 6) is -0.554. The molecule has 0 fully saturated rings. The van der Waals surface area contributed by atoms with Crippen LogP contribution >= 0.6 is 0 Å². The molecule has 7 heteroatoms. The summed E-state index contributed by atoms with van der Waals surface area (Å²) in [6.45, 7) is 0.847. The second-order valence-corrected chi connectivity index (χ2v) is 10.8. The Bertz CT molecular complexity index is 489. The van der Waals surface area contributed by atoms with Gasteiger partial charge in [0.25, 0.3) is 0 Å². The van der Waals surface area contributed by atoms with Gasteiger partial charge in [-0.15, -0.1) is 0 Å². The number of carbonyl (C=O) groups is 1. The molecule has 0 aromatic heterocycles. The molecule has 222 valence electrons. The predicted molar refractivity (Wildman–Crippen MR) is 149 cm³/mol. The average molecular weight is 533 g/mol. The van der Waals surface area contributed by atoms with Gasteiger partial charge in [-0.1, -0.05) is 135 Å². The van der Waals surface area contributed by atoms with Crippen molar-refractivity contribution in [2.45, 2.75) is 173 Å². The molecule has 4 atom stereocenters. The van der Waals surface area contributed by atoms with Crippen molar-refractivity contribution in [3.63, 3.8) is 0 Å². The number of carbonyl (C=O) groups excluding carboxylic acids is 1. The van der Waals surface area contributed by atoms with Gasteiger partial charge in [-0.3, -0.25) is 4.79 Å². The number of aliphatic hydroxyl groups is 5. The molecule has 0 spiro atoms. The lowest BCUT2D eigenvalue weighted by atomic mass is 10.0. The topological polar surface area (TPSA) is 127 Å². The molecule has 0 unspecified atom stereocenters. The van der Waals surface area contributed by atoms with Gasteiger partial charge in [-0.25, -0.2) is 0 Å². The van der Waals surface area contributed by atoms with Gasteiger partial charge < -0.3 is 30.3 Å². The third-order valence-corrected chi connectivity index (χ3v) is 7.26. The van der Waals surface area contributed by atoms with Crippen molar-refractivity contribution in [1.82, 2.24) is 0 Å². The average Bonchev–Trinajstić information content (AvgIpc) is 2.91. The zero-order valence-corrected chi connectivity index (χ0v) is 23.8. The molecule has 7 nitrogen and oxygen atoms in total. The fourth-order valence-corrected chi connectivity index (χ4v) is 4.70. The van der Waals surface area contributed by atoms with Crippen LogP contribution in [0.4, 0.5) is 0 Å². The Morgan fingerprint density at radius 2 is 0.892 bits per heavy atom. The van der Waals surface area contributed by atoms with Crippen LogP contribution in [0, 0.1) is 0 Å². The number of hydrogen-bond donors (Lipinski definition) is 5. The highest BCUT2D eigenvalue weighted by Crippen LogP contribution is 2.16. The lowest BCUT2D eigenvalue weighted by Crippen LogP contribution is -2.48. The van der Waals surface area contributed by atoms with E-state index in [2.05, 4.69) is 6.92 Å². The predicted octanol–water partition coefficient (Wildman–Crippen LogP) is 5.57. The maximum Gasteiger partial charge on any atom is 0.306 e. The van der Waals surface area contributed by atoms with E-state index in [0.717, 1.165) is 19.3 Å². The SMILES string of the molecule is CCCCCCCCCCCCCCCCCCCCCCCC(=O)O[C@H](CO)[C@@H](O)[C@H](O)[C@H](O)CO. The van der Waals surface area contributed by atoms with Crippen LogP contribution in [0.1, 0.15) is 148 Å². The van der Waals surface area contributed by atoms with E-state index >= 15 is 0 Å². The van der Waals surface area contributed by atoms with E-state index in [-0.39, 0.29) is 6.42 Å². The maximum absolute atomic E-state index is 11.9. The van der Waals surface area contributed by atoms with Gasteiger partial charge in [0.15, 0.2) is 6.10 Å². The van der Waals surface area contributed by atoms with E-state index in [0.29, 0.717) is 6.42 Å². The molecule has 0 bridgehead atoms. The Labute approximate surface area is 227 Å². The number of unbranched alkanes of at least 4 members (excludes halogenated alkanes) is 20. The van der Waals surface area contributed by atoms with Crippen molar-refractivity contribution >= 4 is 5.97 Å². The third-order valence-electron chi connectivity index (χ3n) is 7.26. The summed E-state index contributed by atoms with van der Waals surface area (Å²) in [5, 5.41) is 47.1. The molecule has 0 aromatic carbocycles. The molecule has 0 aliphatic heterocycles. The van der Waals surface area contributed by atoms with Crippen molar-refractivity contribution in [3.05, 3.63) is 0 Å². The molecule has 0 rings (SSSR count). The van der Waals surface area contributed by atoms with Crippen LogP contribution in [-0.4, -0.2) is 69.1 Å². The first-order chi connectivity index (χ1) is 18.0. The first-order valence-electron chi connectivity index (χ1n) is 15.4. The summed E-state index contributed by atoms with van der Waals surface area (Å²) >= 11 is 0. The Kier molecular flexibility index (Phi) is 26.3. The Morgan fingerprint density at radius 1 is 0.541 bits per heavy atom. The molecule has 5 N–H and O–H groups in total. The number of aliphatic hydroxyl groups excluding tert-OH is 5. The molecule has 0 radical (unpaired) electrons. The van der Waals surface area contributed by atoms with Gasteiger partial charge in [-0.05, 0) is 6.42 Å². The van der Waals surface area contributed by atoms with Gasteiger partial charge in [0.05, 0.1) is 13.2 Å². The molecule has 37 heavy (non-hydrogen) atoms. The number of hydrogen-bond acceptors (Lipinski definition) is 7. The quantitative estimate of drug-likeness (QED) is 0.0658. The molecule has 0 aromatic rings. The Balaban J connectivity index is 3.44. The van der Waals surface area contributed by atoms with E-state index in [1.165, 1.54) is 109 Å². The zero-order chi connectivity index (χ0) is 27.6. The molecule has 0 heterocycles. The fourth-order valence-electron chi connectivity index (χ4n) is 4.70. The molecular weight excluding hydrogens is 472 g/mol. The fraction of sp³-hybridized carbons (Fsp3) is 0.967. The highest BCUT2D eigenvalue weighted by Gasteiger charge is 2.33. The van der Waals surface area contributed by atoms with Gasteiger partial charge >= 0.3 is 5.97 Å². The summed E-state index contributed by atoms with van der Waals surface area (Å²) in [6.07, 6.45) is 21.1. The largest absolute Gasteiger partial charge is 0.457 e. The first-order valence-corrected chi connectivity index (χ1v) is 15.4. The lowest BCUT2D eigenvalue weighted by molar-refractivity contribution is -0.171. The molecule has 0 aliphatic rings. The molecule has 0 amide bonds. The smallest absolute Gasteiger partial charge is 0.306 e. The Hall–Kier alpha value is -0.730. The van der Waals surface area contributed by atoms with E-state index < -0.39 is 43.6 Å². The molecular formula is C30H60O7. The summed E-state index contributed by atoms with van der Waals surface area (Å²) in [6, 6.07) is 0. The van der Waals surface area contributed by atoms with Crippen LogP contribution in [0.2, 0.25) is 0 Å². The molecule has 0 saturated heterocycles. The van der Waals surface area contributed by atoms with Crippen molar-refractivity contribution in [3.8, 4) is 0 Å². The van der Waals surface area contributed by atoms with Crippen molar-refractivity contribution in [2.24, 2.45) is 0 Å². The van der Waals surface area contributed by atoms with Crippen LogP contribution in [0.15, 0.2) is 0 Å². The molecule has 0 saturated carbocycles. The number of ether oxygens (including phenoxy) is 1. The lowest BCUT2D eigenvalue weighted by Gasteiger charge is -2.27. The van der Waals surface area contributed by atoms with Gasteiger partial charge in [0, 0.05) is 6.42 Å². The Morgan fingerprint density at radius 3 is 1.22 bits per heavy atom. The summed E-state index contributed by atoms with van der Waals surface area (Å²) < 4.78 is 5.03. The van der Waals surface area contributed by atoms with Crippen LogP contribution in [0.25, 0.3) is 0 Å². The number of esters is 1. The van der Waals surface area contributed by atoms with Crippen LogP contribution in [0.5, 0.6) is 0 Å². The zero-order valence-electron chi connectivity index (χ0n) is 23.8. The summed E-state index contributed by atoms with van der Waals surface area (Å²) in [7, 11) is 0.